The number of nitrogens with one attached hydrogen (secondary N) is 2. The molecule has 1 aromatic heterocycles. The van der Waals surface area contributed by atoms with Crippen LogP contribution in [0.3, 0.4) is 0 Å². The van der Waals surface area contributed by atoms with Gasteiger partial charge in [0.1, 0.15) is 24.7 Å². The number of carbonyl (C=O) groups excluding carboxylic acids is 2. The van der Waals surface area contributed by atoms with E-state index in [9.17, 15) is 14.9 Å². The van der Waals surface area contributed by atoms with Crippen LogP contribution in [0.4, 0.5) is 5.69 Å². The average Bonchev–Trinajstić information content (AvgIpc) is 2.99. The first kappa shape index (κ1) is 29.0. The molecule has 1 atom stereocenters. The lowest BCUT2D eigenvalue weighted by atomic mass is 9.96. The van der Waals surface area contributed by atoms with Gasteiger partial charge in [-0.1, -0.05) is 48.5 Å². The van der Waals surface area contributed by atoms with Crippen molar-refractivity contribution in [1.82, 2.24) is 10.3 Å². The van der Waals surface area contributed by atoms with Gasteiger partial charge in [0, 0.05) is 54.8 Å². The highest BCUT2D eigenvalue weighted by Crippen LogP contribution is 2.30. The number of aryl methyl sites for hydroxylation is 1. The first-order chi connectivity index (χ1) is 19.9. The maximum Gasteiger partial charge on any atom is 0.219 e. The van der Waals surface area contributed by atoms with Gasteiger partial charge in [-0.15, -0.1) is 0 Å². The van der Waals surface area contributed by atoms with Crippen LogP contribution in [0.5, 0.6) is 5.75 Å². The Labute approximate surface area is 240 Å². The number of aromatic nitrogens is 1. The summed E-state index contributed by atoms with van der Waals surface area (Å²) in [5.41, 5.74) is 14.0. The number of nitriles is 1. The Morgan fingerprint density at radius 3 is 2.59 bits per heavy atom. The summed E-state index contributed by atoms with van der Waals surface area (Å²) in [6, 6.07) is 23.7. The molecule has 41 heavy (non-hydrogen) atoms. The molecule has 0 bridgehead atoms. The van der Waals surface area contributed by atoms with Crippen LogP contribution in [0.1, 0.15) is 39.8 Å². The van der Waals surface area contributed by atoms with Crippen molar-refractivity contribution in [2.45, 2.75) is 46.0 Å². The molecule has 0 aliphatic carbocycles. The first-order valence-corrected chi connectivity index (χ1v) is 13.3. The third-order valence-corrected chi connectivity index (χ3v) is 6.87. The van der Waals surface area contributed by atoms with Crippen molar-refractivity contribution in [1.29, 1.82) is 5.26 Å². The number of nitrogens with two attached hydrogens (primary N) is 1. The van der Waals surface area contributed by atoms with Gasteiger partial charge in [-0.3, -0.25) is 9.78 Å². The summed E-state index contributed by atoms with van der Waals surface area (Å²) in [5.74, 6) is 0.0461. The Kier molecular flexibility index (Phi) is 9.81. The molecule has 0 unspecified atom stereocenters. The van der Waals surface area contributed by atoms with E-state index in [4.69, 9.17) is 10.5 Å². The van der Waals surface area contributed by atoms with Crippen molar-refractivity contribution in [2.24, 2.45) is 5.73 Å². The van der Waals surface area contributed by atoms with Crippen LogP contribution in [0.2, 0.25) is 0 Å². The average molecular weight is 548 g/mol. The molecule has 8 heteroatoms. The summed E-state index contributed by atoms with van der Waals surface area (Å²) in [5, 5.41) is 15.9. The number of nitrogens with zero attached hydrogens (tertiary/aromatic N) is 2. The van der Waals surface area contributed by atoms with Crippen LogP contribution < -0.4 is 21.1 Å². The molecule has 8 nitrogen and oxygen atoms in total. The fraction of sp³-hybridized carbons (Fsp3) is 0.212. The van der Waals surface area contributed by atoms with Crippen molar-refractivity contribution in [2.75, 3.05) is 5.32 Å². The van der Waals surface area contributed by atoms with Gasteiger partial charge < -0.3 is 25.9 Å². The van der Waals surface area contributed by atoms with Gasteiger partial charge in [0.25, 0.3) is 0 Å². The molecule has 208 valence electrons. The van der Waals surface area contributed by atoms with Crippen LogP contribution in [0, 0.1) is 25.2 Å². The number of hydrogen-bond donors (Lipinski definition) is 3. The molecular weight excluding hydrogens is 514 g/mol. The summed E-state index contributed by atoms with van der Waals surface area (Å²) in [6.45, 7) is 5.25. The Balaban J connectivity index is 1.57. The van der Waals surface area contributed by atoms with Crippen LogP contribution in [-0.2, 0) is 29.3 Å². The fourth-order valence-electron chi connectivity index (χ4n) is 4.62. The topological polar surface area (TPSA) is 130 Å². The lowest BCUT2D eigenvalue weighted by Gasteiger charge is -2.19. The smallest absolute Gasteiger partial charge is 0.219 e. The van der Waals surface area contributed by atoms with Crippen LogP contribution in [0.15, 0.2) is 79.1 Å². The number of ether oxygens (including phenoxy) is 1. The standard InChI is InChI=1S/C33H33N5O3/c1-22-11-28(19-37-29(20-39)13-33(35)40)32(41-21-25-12-24(15-34)16-36-17-25)14-31(22)38-18-27-9-6-10-30(23(27)2)26-7-4-3-5-8-26/h3-12,14,16-17,20,29,37-38H,13,18-19,21H2,1-2H3,(H2,35,40)/t29-/m1/s1. The predicted octanol–water partition coefficient (Wildman–Crippen LogP) is 4.96. The first-order valence-electron chi connectivity index (χ1n) is 13.3. The normalized spacial score (nSPS) is 11.3. The van der Waals surface area contributed by atoms with Crippen molar-refractivity contribution in [3.8, 4) is 22.9 Å². The number of aldehydes is 1. The second-order valence-corrected chi connectivity index (χ2v) is 9.86. The highest BCUT2D eigenvalue weighted by atomic mass is 16.5. The summed E-state index contributed by atoms with van der Waals surface area (Å²) >= 11 is 0. The number of amides is 1. The number of carbonyl (C=O) groups is 2. The van der Waals surface area contributed by atoms with Crippen LogP contribution >= 0.6 is 0 Å². The largest absolute Gasteiger partial charge is 0.488 e. The Bertz CT molecular complexity index is 1560. The molecular formula is C33H33N5O3. The molecule has 4 aromatic rings. The lowest BCUT2D eigenvalue weighted by molar-refractivity contribution is -0.120. The summed E-state index contributed by atoms with van der Waals surface area (Å²) in [6.07, 6.45) is 3.75. The van der Waals surface area contributed by atoms with E-state index in [0.29, 0.717) is 30.7 Å². The second-order valence-electron chi connectivity index (χ2n) is 9.86. The lowest BCUT2D eigenvalue weighted by Crippen LogP contribution is -2.34. The van der Waals surface area contributed by atoms with Crippen molar-refractivity contribution < 1.29 is 14.3 Å². The molecule has 0 aliphatic heterocycles. The van der Waals surface area contributed by atoms with Crippen LogP contribution in [0.25, 0.3) is 11.1 Å². The quantitative estimate of drug-likeness (QED) is 0.202. The summed E-state index contributed by atoms with van der Waals surface area (Å²) in [7, 11) is 0. The highest BCUT2D eigenvalue weighted by molar-refractivity contribution is 5.78. The van der Waals surface area contributed by atoms with Gasteiger partial charge in [-0.05, 0) is 53.8 Å². The number of benzene rings is 3. The zero-order valence-electron chi connectivity index (χ0n) is 23.2. The van der Waals surface area contributed by atoms with Gasteiger partial charge in [0.05, 0.1) is 11.6 Å². The number of anilines is 1. The van der Waals surface area contributed by atoms with Gasteiger partial charge >= 0.3 is 0 Å². The van der Waals surface area contributed by atoms with E-state index in [-0.39, 0.29) is 13.0 Å². The molecule has 0 spiro atoms. The Morgan fingerprint density at radius 1 is 1.05 bits per heavy atom. The minimum atomic E-state index is -0.699. The number of pyridine rings is 1. The zero-order valence-corrected chi connectivity index (χ0v) is 23.2. The van der Waals surface area contributed by atoms with Gasteiger partial charge in [-0.25, -0.2) is 0 Å². The van der Waals surface area contributed by atoms with E-state index in [1.807, 2.05) is 37.3 Å². The molecule has 1 heterocycles. The molecule has 0 fully saturated rings. The van der Waals surface area contributed by atoms with E-state index in [2.05, 4.69) is 58.9 Å². The van der Waals surface area contributed by atoms with E-state index in [0.717, 1.165) is 22.4 Å². The van der Waals surface area contributed by atoms with E-state index in [1.165, 1.54) is 28.5 Å². The maximum atomic E-state index is 11.5. The SMILES string of the molecule is Cc1cc(CN[C@@H](C=O)CC(N)=O)c(OCc2cncc(C#N)c2)cc1NCc1cccc(-c2ccccc2)c1C. The molecule has 4 rings (SSSR count). The van der Waals surface area contributed by atoms with Crippen molar-refractivity contribution in [3.05, 3.63) is 113 Å². The molecule has 3 aromatic carbocycles. The van der Waals surface area contributed by atoms with Crippen LogP contribution in [-0.4, -0.2) is 23.2 Å². The zero-order chi connectivity index (χ0) is 29.2. The molecule has 0 aliphatic rings. The Morgan fingerprint density at radius 2 is 1.85 bits per heavy atom. The summed E-state index contributed by atoms with van der Waals surface area (Å²) in [4.78, 5) is 26.9. The Hall–Kier alpha value is -5.00. The maximum absolute atomic E-state index is 11.5. The molecule has 0 saturated carbocycles. The number of hydrogen-bond acceptors (Lipinski definition) is 7. The molecule has 1 amide bonds. The van der Waals surface area contributed by atoms with E-state index in [1.54, 1.807) is 12.3 Å². The van der Waals surface area contributed by atoms with Gasteiger partial charge in [-0.2, -0.15) is 5.26 Å². The second kappa shape index (κ2) is 13.9. The van der Waals surface area contributed by atoms with E-state index >= 15 is 0 Å². The third-order valence-electron chi connectivity index (χ3n) is 6.87. The van der Waals surface area contributed by atoms with Gasteiger partial charge in [0.15, 0.2) is 0 Å². The number of primary amides is 1. The monoisotopic (exact) mass is 547 g/mol. The summed E-state index contributed by atoms with van der Waals surface area (Å²) < 4.78 is 6.21. The fourth-order valence-corrected chi connectivity index (χ4v) is 4.62. The third kappa shape index (κ3) is 7.78. The van der Waals surface area contributed by atoms with Gasteiger partial charge in [0.2, 0.25) is 5.91 Å². The minimum absolute atomic E-state index is 0.0909. The van der Waals surface area contributed by atoms with Crippen molar-refractivity contribution in [3.63, 3.8) is 0 Å². The molecule has 4 N–H and O–H groups in total. The molecule has 0 saturated heterocycles. The minimum Gasteiger partial charge on any atom is -0.488 e. The van der Waals surface area contributed by atoms with E-state index < -0.39 is 11.9 Å². The predicted molar refractivity (Wildman–Crippen MR) is 159 cm³/mol. The number of rotatable bonds is 13. The molecule has 0 radical (unpaired) electrons. The highest BCUT2D eigenvalue weighted by Gasteiger charge is 2.15. The van der Waals surface area contributed by atoms with Crippen molar-refractivity contribution >= 4 is 17.9 Å².